The maximum Gasteiger partial charge on any atom is 0.279 e. The number of rotatable bonds is 6. The van der Waals surface area contributed by atoms with E-state index in [-0.39, 0.29) is 23.7 Å². The number of nitrogens with zero attached hydrogens (tertiary/aromatic N) is 3. The highest BCUT2D eigenvalue weighted by Gasteiger charge is 2.21. The van der Waals surface area contributed by atoms with Crippen LogP contribution in [0, 0.1) is 0 Å². The van der Waals surface area contributed by atoms with E-state index in [9.17, 15) is 14.4 Å². The average molecular weight is 378 g/mol. The molecule has 28 heavy (non-hydrogen) atoms. The Balaban J connectivity index is 2.05. The number of fused-ring (bicyclic) bond motifs is 1. The van der Waals surface area contributed by atoms with Crippen molar-refractivity contribution in [1.82, 2.24) is 20.0 Å². The minimum Gasteiger partial charge on any atom is -0.355 e. The van der Waals surface area contributed by atoms with E-state index in [2.05, 4.69) is 10.4 Å². The first-order chi connectivity index (χ1) is 13.5. The molecule has 3 aromatic rings. The maximum absolute atomic E-state index is 13.0. The van der Waals surface area contributed by atoms with Crippen LogP contribution in [0.5, 0.6) is 0 Å². The highest BCUT2D eigenvalue weighted by atomic mass is 16.2. The summed E-state index contributed by atoms with van der Waals surface area (Å²) in [7, 11) is 1.54. The Hall–Kier alpha value is -3.48. The van der Waals surface area contributed by atoms with Crippen molar-refractivity contribution in [3.05, 3.63) is 70.6 Å². The topological polar surface area (TPSA) is 84.3 Å². The quantitative estimate of drug-likeness (QED) is 0.711. The van der Waals surface area contributed by atoms with Crippen LogP contribution in [0.4, 0.5) is 0 Å². The number of amides is 2. The second kappa shape index (κ2) is 8.47. The molecule has 144 valence electrons. The fraction of sp³-hybridized carbons (Fsp3) is 0.238. The molecule has 0 unspecified atom stereocenters. The predicted octanol–water partition coefficient (Wildman–Crippen LogP) is 1.98. The molecule has 0 aliphatic carbocycles. The van der Waals surface area contributed by atoms with Crippen molar-refractivity contribution >= 4 is 22.6 Å². The number of hydrogen-bond acceptors (Lipinski definition) is 4. The third-order valence-electron chi connectivity index (χ3n) is 4.31. The number of likely N-dealkylation sites (N-methyl/N-ethyl adjacent to an activating group) is 1. The van der Waals surface area contributed by atoms with Crippen LogP contribution in [0.2, 0.25) is 0 Å². The van der Waals surface area contributed by atoms with Crippen LogP contribution in [0.25, 0.3) is 16.5 Å². The molecule has 0 fully saturated rings. The van der Waals surface area contributed by atoms with Crippen LogP contribution < -0.4 is 10.9 Å². The first-order valence-corrected chi connectivity index (χ1v) is 9.12. The molecule has 0 aliphatic heterocycles. The molecule has 0 aliphatic rings. The third-order valence-corrected chi connectivity index (χ3v) is 4.31. The molecule has 0 saturated carbocycles. The molecule has 7 heteroatoms. The average Bonchev–Trinajstić information content (AvgIpc) is 2.73. The lowest BCUT2D eigenvalue weighted by Crippen LogP contribution is -2.39. The summed E-state index contributed by atoms with van der Waals surface area (Å²) in [6.45, 7) is 2.43. The lowest BCUT2D eigenvalue weighted by molar-refractivity contribution is -0.121. The highest BCUT2D eigenvalue weighted by Crippen LogP contribution is 2.16. The van der Waals surface area contributed by atoms with Gasteiger partial charge in [0.15, 0.2) is 5.69 Å². The van der Waals surface area contributed by atoms with Crippen LogP contribution in [0.1, 0.15) is 23.8 Å². The van der Waals surface area contributed by atoms with Gasteiger partial charge in [0.25, 0.3) is 11.5 Å². The Morgan fingerprint density at radius 3 is 2.36 bits per heavy atom. The van der Waals surface area contributed by atoms with Gasteiger partial charge in [-0.15, -0.1) is 0 Å². The first kappa shape index (κ1) is 19.3. The van der Waals surface area contributed by atoms with Gasteiger partial charge in [0.1, 0.15) is 0 Å². The number of aromatic nitrogens is 2. The van der Waals surface area contributed by atoms with Gasteiger partial charge in [0.2, 0.25) is 5.91 Å². The summed E-state index contributed by atoms with van der Waals surface area (Å²) in [6, 6.07) is 15.8. The monoisotopic (exact) mass is 378 g/mol. The summed E-state index contributed by atoms with van der Waals surface area (Å²) in [4.78, 5) is 39.2. The van der Waals surface area contributed by atoms with Crippen molar-refractivity contribution in [3.63, 3.8) is 0 Å². The van der Waals surface area contributed by atoms with E-state index in [0.29, 0.717) is 23.0 Å². The van der Waals surface area contributed by atoms with Gasteiger partial charge in [-0.05, 0) is 24.6 Å². The minimum atomic E-state index is -0.424. The van der Waals surface area contributed by atoms with Gasteiger partial charge in [-0.3, -0.25) is 14.4 Å². The van der Waals surface area contributed by atoms with Crippen LogP contribution in [-0.4, -0.2) is 46.6 Å². The third kappa shape index (κ3) is 3.93. The SMILES string of the molecule is CCCNC(=O)CN(C)C(=O)c1nn(-c2ccccc2)c(=O)c2ccccc12. The molecule has 0 atom stereocenters. The van der Waals surface area contributed by atoms with E-state index in [1.165, 1.54) is 9.58 Å². The molecule has 2 aromatic carbocycles. The number of carbonyl (C=O) groups is 2. The second-order valence-corrected chi connectivity index (χ2v) is 6.46. The zero-order valence-corrected chi connectivity index (χ0v) is 15.9. The fourth-order valence-corrected chi connectivity index (χ4v) is 2.88. The van der Waals surface area contributed by atoms with Gasteiger partial charge in [0, 0.05) is 19.0 Å². The summed E-state index contributed by atoms with van der Waals surface area (Å²) in [5.41, 5.74) is 0.391. The molecule has 0 bridgehead atoms. The molecule has 1 N–H and O–H groups in total. The van der Waals surface area contributed by atoms with Gasteiger partial charge in [-0.1, -0.05) is 43.3 Å². The Morgan fingerprint density at radius 1 is 1.04 bits per heavy atom. The molecule has 2 amide bonds. The number of benzene rings is 2. The molecular weight excluding hydrogens is 356 g/mol. The standard InChI is InChI=1S/C21H22N4O3/c1-3-13-22-18(26)14-24(2)21(28)19-16-11-7-8-12-17(16)20(27)25(23-19)15-9-5-4-6-10-15/h4-12H,3,13-14H2,1-2H3,(H,22,26). The number of para-hydroxylation sites is 1. The molecule has 7 nitrogen and oxygen atoms in total. The zero-order chi connectivity index (χ0) is 20.1. The van der Waals surface area contributed by atoms with Gasteiger partial charge >= 0.3 is 0 Å². The van der Waals surface area contributed by atoms with E-state index in [0.717, 1.165) is 6.42 Å². The lowest BCUT2D eigenvalue weighted by atomic mass is 10.1. The van der Waals surface area contributed by atoms with Gasteiger partial charge < -0.3 is 10.2 Å². The summed E-state index contributed by atoms with van der Waals surface area (Å²) in [5, 5.41) is 7.95. The van der Waals surface area contributed by atoms with Crippen LogP contribution in [-0.2, 0) is 4.79 Å². The molecule has 1 heterocycles. The van der Waals surface area contributed by atoms with E-state index in [1.807, 2.05) is 13.0 Å². The maximum atomic E-state index is 13.0. The van der Waals surface area contributed by atoms with Crippen LogP contribution >= 0.6 is 0 Å². The van der Waals surface area contributed by atoms with Crippen molar-refractivity contribution < 1.29 is 9.59 Å². The lowest BCUT2D eigenvalue weighted by Gasteiger charge is -2.18. The van der Waals surface area contributed by atoms with Crippen LogP contribution in [0.15, 0.2) is 59.4 Å². The first-order valence-electron chi connectivity index (χ1n) is 9.12. The fourth-order valence-electron chi connectivity index (χ4n) is 2.88. The van der Waals surface area contributed by atoms with Gasteiger partial charge in [-0.2, -0.15) is 9.78 Å². The Kier molecular flexibility index (Phi) is 5.84. The minimum absolute atomic E-state index is 0.0840. The van der Waals surface area contributed by atoms with Crippen molar-refractivity contribution in [2.75, 3.05) is 20.1 Å². The number of carbonyl (C=O) groups excluding carboxylic acids is 2. The normalized spacial score (nSPS) is 10.6. The summed E-state index contributed by atoms with van der Waals surface area (Å²) in [6.07, 6.45) is 0.817. The van der Waals surface area contributed by atoms with E-state index >= 15 is 0 Å². The molecule has 0 spiro atoms. The summed E-state index contributed by atoms with van der Waals surface area (Å²) >= 11 is 0. The molecule has 3 rings (SSSR count). The number of hydrogen-bond donors (Lipinski definition) is 1. The van der Waals surface area contributed by atoms with E-state index < -0.39 is 5.91 Å². The second-order valence-electron chi connectivity index (χ2n) is 6.46. The zero-order valence-electron chi connectivity index (χ0n) is 15.9. The van der Waals surface area contributed by atoms with Crippen molar-refractivity contribution in [2.45, 2.75) is 13.3 Å². The molecular formula is C21H22N4O3. The summed E-state index contributed by atoms with van der Waals surface area (Å²) < 4.78 is 1.22. The Labute approximate surface area is 162 Å². The molecule has 1 aromatic heterocycles. The molecule has 0 saturated heterocycles. The number of nitrogens with one attached hydrogen (secondary N) is 1. The van der Waals surface area contributed by atoms with Gasteiger partial charge in [-0.25, -0.2) is 0 Å². The highest BCUT2D eigenvalue weighted by molar-refractivity contribution is 6.05. The largest absolute Gasteiger partial charge is 0.355 e. The van der Waals surface area contributed by atoms with Crippen molar-refractivity contribution in [1.29, 1.82) is 0 Å². The summed E-state index contributed by atoms with van der Waals surface area (Å²) in [5.74, 6) is -0.661. The molecule has 0 radical (unpaired) electrons. The van der Waals surface area contributed by atoms with E-state index in [1.54, 1.807) is 55.6 Å². The van der Waals surface area contributed by atoms with Crippen molar-refractivity contribution in [2.24, 2.45) is 0 Å². The Bertz CT molecular complexity index is 1060. The van der Waals surface area contributed by atoms with Crippen molar-refractivity contribution in [3.8, 4) is 5.69 Å². The van der Waals surface area contributed by atoms with Gasteiger partial charge in [0.05, 0.1) is 17.6 Å². The van der Waals surface area contributed by atoms with Crippen LogP contribution in [0.3, 0.4) is 0 Å². The smallest absolute Gasteiger partial charge is 0.279 e. The predicted molar refractivity (Wildman–Crippen MR) is 108 cm³/mol. The van der Waals surface area contributed by atoms with E-state index in [4.69, 9.17) is 0 Å². The Morgan fingerprint density at radius 2 is 1.68 bits per heavy atom.